The molecule has 0 spiro atoms. The molecule has 1 aliphatic heterocycles. The van der Waals surface area contributed by atoms with Gasteiger partial charge in [-0.05, 0) is 58.2 Å². The molecule has 0 unspecified atom stereocenters. The smallest absolute Gasteiger partial charge is 0.321 e. The minimum Gasteiger partial charge on any atom is -0.325 e. The van der Waals surface area contributed by atoms with Crippen molar-refractivity contribution >= 4 is 11.7 Å². The Balaban J connectivity index is 1.36. The molecule has 4 aromatic carbocycles. The van der Waals surface area contributed by atoms with Crippen LogP contribution in [0.1, 0.15) is 76.8 Å². The summed E-state index contributed by atoms with van der Waals surface area (Å²) >= 11 is 0. The van der Waals surface area contributed by atoms with Crippen LogP contribution in [0.5, 0.6) is 0 Å². The Kier molecular flexibility index (Phi) is 9.49. The van der Waals surface area contributed by atoms with Crippen LogP contribution in [0.2, 0.25) is 0 Å². The van der Waals surface area contributed by atoms with Gasteiger partial charge in [-0.25, -0.2) is 14.2 Å². The topological polar surface area (TPSA) is 93.8 Å². The first-order valence-electron chi connectivity index (χ1n) is 18.3. The highest BCUT2D eigenvalue weighted by Gasteiger charge is 2.41. The summed E-state index contributed by atoms with van der Waals surface area (Å²) in [5.74, 6) is 0.171. The third kappa shape index (κ3) is 6.98. The van der Waals surface area contributed by atoms with Crippen LogP contribution in [0.15, 0.2) is 116 Å². The van der Waals surface area contributed by atoms with Gasteiger partial charge in [0.05, 0.1) is 23.3 Å². The van der Waals surface area contributed by atoms with Crippen molar-refractivity contribution < 1.29 is 9.18 Å². The summed E-state index contributed by atoms with van der Waals surface area (Å²) in [5.41, 5.74) is 3.34. The van der Waals surface area contributed by atoms with E-state index in [1.165, 1.54) is 6.07 Å². The number of carbonyl (C=O) groups is 1. The molecule has 7 rings (SSSR count). The second-order valence-corrected chi connectivity index (χ2v) is 16.0. The Morgan fingerprint density at radius 3 is 1.83 bits per heavy atom. The number of anilines is 1. The maximum atomic E-state index is 16.6. The molecule has 1 fully saturated rings. The number of rotatable bonds is 7. The summed E-state index contributed by atoms with van der Waals surface area (Å²) < 4.78 is 18.3. The fourth-order valence-corrected chi connectivity index (χ4v) is 7.44. The Morgan fingerprint density at radius 2 is 1.34 bits per heavy atom. The number of nitrogens with one attached hydrogen (secondary N) is 1. The SMILES string of the molecule is CC(C)(C)c1cn(-c2c(F)cc(NC(=O)N3CCC(C(C)(C)C)CC3)cc2-c2nnn(C(c3ccccc3)(c3ccccc3)c3ccccc3)n2)cn1. The van der Waals surface area contributed by atoms with Gasteiger partial charge in [0.25, 0.3) is 0 Å². The van der Waals surface area contributed by atoms with Crippen molar-refractivity contribution in [3.63, 3.8) is 0 Å². The number of piperidine rings is 1. The number of nitrogens with zero attached hydrogens (tertiary/aromatic N) is 7. The summed E-state index contributed by atoms with van der Waals surface area (Å²) in [6.07, 6.45) is 5.27. The third-order valence-corrected chi connectivity index (χ3v) is 10.5. The van der Waals surface area contributed by atoms with Crippen LogP contribution in [-0.2, 0) is 11.0 Å². The van der Waals surface area contributed by atoms with Gasteiger partial charge in [0.15, 0.2) is 5.54 Å². The van der Waals surface area contributed by atoms with Crippen molar-refractivity contribution in [3.05, 3.63) is 144 Å². The van der Waals surface area contributed by atoms with Crippen LogP contribution in [0.4, 0.5) is 14.9 Å². The number of likely N-dealkylation sites (tertiary alicyclic amines) is 1. The lowest BCUT2D eigenvalue weighted by atomic mass is 9.75. The molecule has 3 heterocycles. The molecule has 9 nitrogen and oxygen atoms in total. The Morgan fingerprint density at radius 1 is 0.792 bits per heavy atom. The van der Waals surface area contributed by atoms with Crippen molar-refractivity contribution in [2.75, 3.05) is 18.4 Å². The lowest BCUT2D eigenvalue weighted by Gasteiger charge is -2.38. The summed E-state index contributed by atoms with van der Waals surface area (Å²) in [4.78, 5) is 21.6. The van der Waals surface area contributed by atoms with Crippen molar-refractivity contribution in [2.45, 2.75) is 65.3 Å². The molecule has 53 heavy (non-hydrogen) atoms. The number of urea groups is 1. The molecular weight excluding hydrogens is 664 g/mol. The predicted octanol–water partition coefficient (Wildman–Crippen LogP) is 9.09. The van der Waals surface area contributed by atoms with E-state index in [4.69, 9.17) is 10.3 Å². The standard InChI is InChI=1S/C43H47FN8O/c1-41(2,3)30-22-24-50(25-23-30)40(53)46-34-26-35(38(36(44)27-34)51-28-37(45-29-51)42(4,5)6)39-47-49-52(48-39)43(31-16-10-7-11-17-31,32-18-12-8-13-19-32)33-20-14-9-15-21-33/h7-21,26-30H,22-25H2,1-6H3,(H,46,53). The number of carbonyl (C=O) groups excluding carboxylic acids is 1. The largest absolute Gasteiger partial charge is 0.325 e. The van der Waals surface area contributed by atoms with E-state index in [0.29, 0.717) is 30.3 Å². The molecule has 0 bridgehead atoms. The zero-order valence-corrected chi connectivity index (χ0v) is 31.3. The fourth-order valence-electron chi connectivity index (χ4n) is 7.44. The highest BCUT2D eigenvalue weighted by atomic mass is 19.1. The molecule has 1 saturated heterocycles. The molecule has 272 valence electrons. The average Bonchev–Trinajstić information content (AvgIpc) is 3.85. The van der Waals surface area contributed by atoms with Gasteiger partial charge < -0.3 is 14.8 Å². The van der Waals surface area contributed by atoms with Gasteiger partial charge in [-0.1, -0.05) is 133 Å². The summed E-state index contributed by atoms with van der Waals surface area (Å²) in [6, 6.07) is 33.0. The Labute approximate surface area is 310 Å². The first-order valence-corrected chi connectivity index (χ1v) is 18.3. The first kappa shape index (κ1) is 35.7. The van der Waals surface area contributed by atoms with E-state index in [9.17, 15) is 4.79 Å². The lowest BCUT2D eigenvalue weighted by Crippen LogP contribution is -2.43. The minimum absolute atomic E-state index is 0.181. The average molecular weight is 711 g/mol. The van der Waals surface area contributed by atoms with Crippen LogP contribution in [0, 0.1) is 17.2 Å². The highest BCUT2D eigenvalue weighted by molar-refractivity contribution is 5.91. The van der Waals surface area contributed by atoms with Crippen LogP contribution >= 0.6 is 0 Å². The van der Waals surface area contributed by atoms with E-state index in [-0.39, 0.29) is 28.4 Å². The summed E-state index contributed by atoms with van der Waals surface area (Å²) in [7, 11) is 0. The number of aromatic nitrogens is 6. The van der Waals surface area contributed by atoms with Crippen LogP contribution in [0.3, 0.4) is 0 Å². The summed E-state index contributed by atoms with van der Waals surface area (Å²) in [5, 5.41) is 17.4. The number of benzene rings is 4. The Hall–Kier alpha value is -5.64. The maximum Gasteiger partial charge on any atom is 0.321 e. The van der Waals surface area contributed by atoms with Gasteiger partial charge in [0, 0.05) is 30.4 Å². The van der Waals surface area contributed by atoms with Crippen molar-refractivity contribution in [3.8, 4) is 17.1 Å². The van der Waals surface area contributed by atoms with Crippen LogP contribution in [-0.4, -0.2) is 53.8 Å². The predicted molar refractivity (Wildman–Crippen MR) is 206 cm³/mol. The van der Waals surface area contributed by atoms with Crippen molar-refractivity contribution in [1.29, 1.82) is 0 Å². The molecule has 1 N–H and O–H groups in total. The monoisotopic (exact) mass is 710 g/mol. The molecule has 1 aliphatic rings. The number of amides is 2. The van der Waals surface area contributed by atoms with Crippen molar-refractivity contribution in [2.24, 2.45) is 11.3 Å². The van der Waals surface area contributed by atoms with Crippen molar-refractivity contribution in [1.82, 2.24) is 34.7 Å². The normalized spacial score (nSPS) is 14.4. The molecule has 6 aromatic rings. The van der Waals surface area contributed by atoms with E-state index in [2.05, 4.69) is 56.9 Å². The molecule has 0 atom stereocenters. The molecule has 2 amide bonds. The van der Waals surface area contributed by atoms with E-state index in [0.717, 1.165) is 35.2 Å². The quantitative estimate of drug-likeness (QED) is 0.167. The minimum atomic E-state index is -1.02. The lowest BCUT2D eigenvalue weighted by molar-refractivity contribution is 0.128. The van der Waals surface area contributed by atoms with Gasteiger partial charge in [-0.3, -0.25) is 0 Å². The number of imidazole rings is 1. The van der Waals surface area contributed by atoms with Gasteiger partial charge in [0.2, 0.25) is 5.82 Å². The fraction of sp³-hybridized carbons (Fsp3) is 0.326. The molecular formula is C43H47FN8O. The number of hydrogen-bond donors (Lipinski definition) is 1. The van der Waals surface area contributed by atoms with E-state index in [1.807, 2.05) is 102 Å². The molecule has 0 saturated carbocycles. The van der Waals surface area contributed by atoms with Crippen LogP contribution in [0.25, 0.3) is 17.1 Å². The third-order valence-electron chi connectivity index (χ3n) is 10.5. The zero-order chi connectivity index (χ0) is 37.4. The van der Waals surface area contributed by atoms with Gasteiger partial charge >= 0.3 is 6.03 Å². The summed E-state index contributed by atoms with van der Waals surface area (Å²) in [6.45, 7) is 14.2. The number of halogens is 1. The highest BCUT2D eigenvalue weighted by Crippen LogP contribution is 2.41. The van der Waals surface area contributed by atoms with Gasteiger partial charge in [-0.2, -0.15) is 0 Å². The second kappa shape index (κ2) is 14.1. The van der Waals surface area contributed by atoms with Gasteiger partial charge in [0.1, 0.15) is 5.82 Å². The number of tetrazole rings is 1. The molecule has 0 radical (unpaired) electrons. The molecule has 10 heteroatoms. The van der Waals surface area contributed by atoms with E-state index in [1.54, 1.807) is 21.8 Å². The molecule has 0 aliphatic carbocycles. The number of hydrogen-bond acceptors (Lipinski definition) is 5. The zero-order valence-electron chi connectivity index (χ0n) is 31.3. The van der Waals surface area contributed by atoms with E-state index >= 15 is 4.39 Å². The van der Waals surface area contributed by atoms with E-state index < -0.39 is 11.4 Å². The molecule has 2 aromatic heterocycles. The van der Waals surface area contributed by atoms with Gasteiger partial charge in [-0.15, -0.1) is 15.0 Å². The van der Waals surface area contributed by atoms with Crippen LogP contribution < -0.4 is 5.32 Å². The Bertz CT molecular complexity index is 2080. The maximum absolute atomic E-state index is 16.6. The second-order valence-electron chi connectivity index (χ2n) is 16.0. The first-order chi connectivity index (χ1) is 25.4.